The van der Waals surface area contributed by atoms with Gasteiger partial charge in [-0.2, -0.15) is 0 Å². The summed E-state index contributed by atoms with van der Waals surface area (Å²) in [5.74, 6) is -0.474. The third kappa shape index (κ3) is 51.7. The van der Waals surface area contributed by atoms with E-state index in [-0.39, 0.29) is 25.2 Å². The standard InChI is InChI=1S/C59H102O5/c1-4-7-10-13-16-19-22-25-27-29-31-33-36-39-42-45-48-51-54-62-55-57(64-59(61)53-50-47-44-41-38-34-24-21-18-15-12-9-6-3)56-63-58(60)52-49-46-43-40-37-35-32-30-28-26-23-20-17-14-11-8-5-2/h8,11,17,20-21,24-28,32,35,40,43,57H,4-7,9-10,12-16,18-19,22-23,29-31,33-34,36-39,41-42,44-56H2,1-3H3/b11-8-,20-17-,24-21-,27-25-,28-26-,35-32-,43-40-. The minimum absolute atomic E-state index is 0.0489. The van der Waals surface area contributed by atoms with Gasteiger partial charge in [-0.05, 0) is 109 Å². The number of rotatable bonds is 49. The van der Waals surface area contributed by atoms with Gasteiger partial charge < -0.3 is 14.2 Å². The van der Waals surface area contributed by atoms with Gasteiger partial charge in [-0.3, -0.25) is 9.59 Å². The van der Waals surface area contributed by atoms with Gasteiger partial charge >= 0.3 is 11.9 Å². The zero-order valence-corrected chi connectivity index (χ0v) is 42.3. The summed E-state index contributed by atoms with van der Waals surface area (Å²) in [6.45, 7) is 7.63. The summed E-state index contributed by atoms with van der Waals surface area (Å²) in [5.41, 5.74) is 0. The Hall–Kier alpha value is -2.92. The third-order valence-corrected chi connectivity index (χ3v) is 11.4. The van der Waals surface area contributed by atoms with Crippen LogP contribution in [-0.4, -0.2) is 37.9 Å². The van der Waals surface area contributed by atoms with Crippen molar-refractivity contribution in [2.75, 3.05) is 19.8 Å². The van der Waals surface area contributed by atoms with Gasteiger partial charge in [0.05, 0.1) is 6.61 Å². The lowest BCUT2D eigenvalue weighted by atomic mass is 10.1. The second-order valence-electron chi connectivity index (χ2n) is 17.7. The lowest BCUT2D eigenvalue weighted by Gasteiger charge is -2.18. The van der Waals surface area contributed by atoms with Crippen LogP contribution in [0.25, 0.3) is 0 Å². The Kier molecular flexibility index (Phi) is 51.9. The highest BCUT2D eigenvalue weighted by atomic mass is 16.6. The molecule has 5 heteroatoms. The average Bonchev–Trinajstić information content (AvgIpc) is 3.30. The molecule has 0 N–H and O–H groups in total. The van der Waals surface area contributed by atoms with Crippen LogP contribution in [0.2, 0.25) is 0 Å². The largest absolute Gasteiger partial charge is 0.462 e. The molecule has 0 fully saturated rings. The van der Waals surface area contributed by atoms with Crippen LogP contribution in [0, 0.1) is 0 Å². The van der Waals surface area contributed by atoms with E-state index in [0.29, 0.717) is 19.4 Å². The zero-order chi connectivity index (χ0) is 46.3. The van der Waals surface area contributed by atoms with Crippen molar-refractivity contribution in [1.82, 2.24) is 0 Å². The maximum absolute atomic E-state index is 12.8. The first-order chi connectivity index (χ1) is 31.6. The normalized spacial score (nSPS) is 12.9. The molecule has 0 aliphatic carbocycles. The second kappa shape index (κ2) is 54.4. The summed E-state index contributed by atoms with van der Waals surface area (Å²) in [6.07, 6.45) is 71.7. The van der Waals surface area contributed by atoms with E-state index in [0.717, 1.165) is 83.5 Å². The molecule has 0 aromatic carbocycles. The van der Waals surface area contributed by atoms with E-state index in [1.807, 2.05) is 0 Å². The fraction of sp³-hybridized carbons (Fsp3) is 0.729. The minimum atomic E-state index is -0.568. The maximum Gasteiger partial charge on any atom is 0.306 e. The van der Waals surface area contributed by atoms with Gasteiger partial charge in [0.2, 0.25) is 0 Å². The highest BCUT2D eigenvalue weighted by Gasteiger charge is 2.17. The molecule has 0 aromatic rings. The molecule has 0 aliphatic heterocycles. The van der Waals surface area contributed by atoms with Crippen LogP contribution in [-0.2, 0) is 23.8 Å². The first kappa shape index (κ1) is 61.1. The van der Waals surface area contributed by atoms with Gasteiger partial charge in [0.15, 0.2) is 6.10 Å². The Labute approximate surface area is 397 Å². The van der Waals surface area contributed by atoms with Gasteiger partial charge in [0.1, 0.15) is 6.61 Å². The Morgan fingerprint density at radius 2 is 0.719 bits per heavy atom. The summed E-state index contributed by atoms with van der Waals surface area (Å²) in [6, 6.07) is 0. The molecule has 368 valence electrons. The van der Waals surface area contributed by atoms with Gasteiger partial charge in [-0.1, -0.05) is 215 Å². The highest BCUT2D eigenvalue weighted by Crippen LogP contribution is 2.14. The Morgan fingerprint density at radius 1 is 0.359 bits per heavy atom. The predicted octanol–water partition coefficient (Wildman–Crippen LogP) is 18.5. The molecule has 0 rings (SSSR count). The number of carbonyl (C=O) groups excluding carboxylic acids is 2. The van der Waals surface area contributed by atoms with Crippen molar-refractivity contribution in [3.05, 3.63) is 85.1 Å². The van der Waals surface area contributed by atoms with Gasteiger partial charge in [-0.15, -0.1) is 0 Å². The number of ether oxygens (including phenoxy) is 3. The molecule has 5 nitrogen and oxygen atoms in total. The number of esters is 2. The summed E-state index contributed by atoms with van der Waals surface area (Å²) in [5, 5.41) is 0. The molecular formula is C59H102O5. The Bertz CT molecular complexity index is 1190. The van der Waals surface area contributed by atoms with E-state index >= 15 is 0 Å². The molecule has 1 unspecified atom stereocenters. The average molecular weight is 891 g/mol. The zero-order valence-electron chi connectivity index (χ0n) is 42.3. The summed E-state index contributed by atoms with van der Waals surface area (Å²) in [4.78, 5) is 25.4. The number of carbonyl (C=O) groups is 2. The van der Waals surface area contributed by atoms with Gasteiger partial charge in [0, 0.05) is 19.4 Å². The van der Waals surface area contributed by atoms with Crippen LogP contribution >= 0.6 is 0 Å². The van der Waals surface area contributed by atoms with Crippen LogP contribution in [0.5, 0.6) is 0 Å². The summed E-state index contributed by atoms with van der Waals surface area (Å²) >= 11 is 0. The number of allylic oxidation sites excluding steroid dienone is 14. The van der Waals surface area contributed by atoms with E-state index in [9.17, 15) is 9.59 Å². The van der Waals surface area contributed by atoms with Crippen molar-refractivity contribution < 1.29 is 23.8 Å². The second-order valence-corrected chi connectivity index (χ2v) is 17.7. The predicted molar refractivity (Wildman–Crippen MR) is 279 cm³/mol. The number of unbranched alkanes of at least 4 members (excludes halogenated alkanes) is 24. The van der Waals surface area contributed by atoms with Crippen molar-refractivity contribution in [2.24, 2.45) is 0 Å². The topological polar surface area (TPSA) is 61.8 Å². The third-order valence-electron chi connectivity index (χ3n) is 11.4. The SMILES string of the molecule is CC/C=C\C/C=C\C/C=C\C/C=C\C/C=C\CCCC(=O)OCC(COCCCCCCCCCC/C=C\CCCCCCCC)OC(=O)CCCCCCC/C=C\CCCCCC. The Morgan fingerprint density at radius 3 is 1.20 bits per heavy atom. The quantitative estimate of drug-likeness (QED) is 0.0346. The fourth-order valence-corrected chi connectivity index (χ4v) is 7.36. The molecule has 0 aromatic heterocycles. The van der Waals surface area contributed by atoms with Gasteiger partial charge in [-0.25, -0.2) is 0 Å². The van der Waals surface area contributed by atoms with Crippen molar-refractivity contribution in [2.45, 2.75) is 258 Å². The molecule has 64 heavy (non-hydrogen) atoms. The molecule has 0 aliphatic rings. The van der Waals surface area contributed by atoms with E-state index in [4.69, 9.17) is 14.2 Å². The molecular weight excluding hydrogens is 789 g/mol. The minimum Gasteiger partial charge on any atom is -0.462 e. The number of hydrogen-bond donors (Lipinski definition) is 0. The van der Waals surface area contributed by atoms with Crippen molar-refractivity contribution >= 4 is 11.9 Å². The summed E-state index contributed by atoms with van der Waals surface area (Å²) in [7, 11) is 0. The fourth-order valence-electron chi connectivity index (χ4n) is 7.36. The van der Waals surface area contributed by atoms with E-state index in [2.05, 4.69) is 106 Å². The maximum atomic E-state index is 12.8. The van der Waals surface area contributed by atoms with Crippen LogP contribution in [0.3, 0.4) is 0 Å². The van der Waals surface area contributed by atoms with E-state index in [1.54, 1.807) is 0 Å². The first-order valence-corrected chi connectivity index (χ1v) is 27.1. The molecule has 0 saturated carbocycles. The van der Waals surface area contributed by atoms with Crippen LogP contribution in [0.4, 0.5) is 0 Å². The molecule has 1 atom stereocenters. The monoisotopic (exact) mass is 891 g/mol. The van der Waals surface area contributed by atoms with Crippen LogP contribution < -0.4 is 0 Å². The lowest BCUT2D eigenvalue weighted by molar-refractivity contribution is -0.163. The molecule has 0 saturated heterocycles. The van der Waals surface area contributed by atoms with E-state index < -0.39 is 6.10 Å². The molecule has 0 amide bonds. The van der Waals surface area contributed by atoms with Crippen molar-refractivity contribution in [3.8, 4) is 0 Å². The van der Waals surface area contributed by atoms with E-state index in [1.165, 1.54) is 135 Å². The molecule has 0 bridgehead atoms. The Balaban J connectivity index is 4.36. The summed E-state index contributed by atoms with van der Waals surface area (Å²) < 4.78 is 17.4. The van der Waals surface area contributed by atoms with Gasteiger partial charge in [0.25, 0.3) is 0 Å². The lowest BCUT2D eigenvalue weighted by Crippen LogP contribution is -2.30. The highest BCUT2D eigenvalue weighted by molar-refractivity contribution is 5.70. The van der Waals surface area contributed by atoms with Crippen LogP contribution in [0.1, 0.15) is 252 Å². The first-order valence-electron chi connectivity index (χ1n) is 27.1. The molecule has 0 heterocycles. The van der Waals surface area contributed by atoms with Crippen LogP contribution in [0.15, 0.2) is 85.1 Å². The smallest absolute Gasteiger partial charge is 0.306 e. The molecule has 0 spiro atoms. The van der Waals surface area contributed by atoms with Crippen molar-refractivity contribution in [3.63, 3.8) is 0 Å². The molecule has 0 radical (unpaired) electrons. The number of hydrogen-bond acceptors (Lipinski definition) is 5. The van der Waals surface area contributed by atoms with Crippen molar-refractivity contribution in [1.29, 1.82) is 0 Å².